The molecule has 1 aromatic heterocycles. The van der Waals surface area contributed by atoms with Gasteiger partial charge in [0.25, 0.3) is 11.5 Å². The van der Waals surface area contributed by atoms with Crippen LogP contribution in [0.3, 0.4) is 0 Å². The lowest BCUT2D eigenvalue weighted by Crippen LogP contribution is -2.45. The molecule has 1 aliphatic heterocycles. The highest BCUT2D eigenvalue weighted by molar-refractivity contribution is 6.08. The number of H-pyrrole nitrogens is 1. The SMILES string of the molecule is Cc1cc(C)c(CNC(=O)CN2C(=O)N[C@](C)(CCc3ccccc3)C2=O)c(=O)[nH]1. The number of nitrogens with one attached hydrogen (secondary N) is 3. The molecule has 8 heteroatoms. The summed E-state index contributed by atoms with van der Waals surface area (Å²) in [5.74, 6) is -0.937. The minimum atomic E-state index is -1.06. The Kier molecular flexibility index (Phi) is 6.05. The van der Waals surface area contributed by atoms with E-state index in [4.69, 9.17) is 0 Å². The monoisotopic (exact) mass is 410 g/mol. The Hall–Kier alpha value is -3.42. The standard InChI is InChI=1S/C22H26N4O4/c1-14-11-15(2)24-19(28)17(14)12-23-18(27)13-26-20(29)22(3,25-21(26)30)10-9-16-7-5-4-6-8-16/h4-8,11H,9-10,12-13H2,1-3H3,(H,23,27)(H,24,28)(H,25,30)/t22-/m1/s1. The number of amides is 4. The molecule has 0 saturated carbocycles. The van der Waals surface area contributed by atoms with Crippen LogP contribution in [0.2, 0.25) is 0 Å². The van der Waals surface area contributed by atoms with Gasteiger partial charge in [-0.1, -0.05) is 30.3 Å². The largest absolute Gasteiger partial charge is 0.350 e. The molecule has 1 aliphatic rings. The van der Waals surface area contributed by atoms with Gasteiger partial charge in [0.15, 0.2) is 0 Å². The maximum absolute atomic E-state index is 12.8. The summed E-state index contributed by atoms with van der Waals surface area (Å²) in [6.45, 7) is 4.87. The van der Waals surface area contributed by atoms with Crippen LogP contribution in [0.1, 0.15) is 35.7 Å². The van der Waals surface area contributed by atoms with Crippen LogP contribution in [0.15, 0.2) is 41.2 Å². The summed E-state index contributed by atoms with van der Waals surface area (Å²) in [6.07, 6.45) is 1.05. The molecule has 0 bridgehead atoms. The Labute approximate surface area is 174 Å². The van der Waals surface area contributed by atoms with Crippen molar-refractivity contribution in [2.24, 2.45) is 0 Å². The summed E-state index contributed by atoms with van der Waals surface area (Å²) in [5.41, 5.74) is 1.69. The lowest BCUT2D eigenvalue weighted by Gasteiger charge is -2.21. The highest BCUT2D eigenvalue weighted by atomic mass is 16.2. The lowest BCUT2D eigenvalue weighted by molar-refractivity contribution is -0.134. The van der Waals surface area contributed by atoms with Gasteiger partial charge in [-0.15, -0.1) is 0 Å². The Morgan fingerprint density at radius 3 is 2.50 bits per heavy atom. The third kappa shape index (κ3) is 4.59. The zero-order valence-electron chi connectivity index (χ0n) is 17.4. The first-order valence-corrected chi connectivity index (χ1v) is 9.84. The molecule has 0 aliphatic carbocycles. The van der Waals surface area contributed by atoms with E-state index in [2.05, 4.69) is 15.6 Å². The number of carbonyl (C=O) groups is 3. The number of aromatic nitrogens is 1. The van der Waals surface area contributed by atoms with Gasteiger partial charge in [-0.3, -0.25) is 19.3 Å². The quantitative estimate of drug-likeness (QED) is 0.601. The molecule has 3 N–H and O–H groups in total. The summed E-state index contributed by atoms with van der Waals surface area (Å²) < 4.78 is 0. The number of carbonyl (C=O) groups excluding carboxylic acids is 3. The second-order valence-corrected chi connectivity index (χ2v) is 7.86. The van der Waals surface area contributed by atoms with E-state index in [0.29, 0.717) is 18.4 Å². The number of hydrogen-bond acceptors (Lipinski definition) is 4. The van der Waals surface area contributed by atoms with Gasteiger partial charge >= 0.3 is 6.03 Å². The number of aryl methyl sites for hydroxylation is 3. The van der Waals surface area contributed by atoms with Gasteiger partial charge in [-0.2, -0.15) is 0 Å². The van der Waals surface area contributed by atoms with Crippen LogP contribution in [0.25, 0.3) is 0 Å². The number of imide groups is 1. The number of aromatic amines is 1. The third-order valence-electron chi connectivity index (χ3n) is 5.36. The highest BCUT2D eigenvalue weighted by Crippen LogP contribution is 2.23. The van der Waals surface area contributed by atoms with Crippen LogP contribution in [-0.2, 0) is 22.6 Å². The lowest BCUT2D eigenvalue weighted by atomic mass is 9.93. The molecular formula is C22H26N4O4. The van der Waals surface area contributed by atoms with Crippen molar-refractivity contribution >= 4 is 17.8 Å². The first-order valence-electron chi connectivity index (χ1n) is 9.84. The molecular weight excluding hydrogens is 384 g/mol. The molecule has 1 saturated heterocycles. The number of benzene rings is 1. The van der Waals surface area contributed by atoms with Gasteiger partial charge in [-0.25, -0.2) is 4.79 Å². The maximum Gasteiger partial charge on any atom is 0.325 e. The van der Waals surface area contributed by atoms with Crippen molar-refractivity contribution in [3.8, 4) is 0 Å². The average Bonchev–Trinajstić information content (AvgIpc) is 2.90. The second-order valence-electron chi connectivity index (χ2n) is 7.86. The molecule has 3 rings (SSSR count). The number of nitrogens with zero attached hydrogens (tertiary/aromatic N) is 1. The number of rotatable bonds is 7. The Morgan fingerprint density at radius 1 is 1.13 bits per heavy atom. The maximum atomic E-state index is 12.8. The van der Waals surface area contributed by atoms with E-state index in [1.54, 1.807) is 20.8 Å². The minimum Gasteiger partial charge on any atom is -0.350 e. The van der Waals surface area contributed by atoms with Gasteiger partial charge in [0.05, 0.1) is 0 Å². The van der Waals surface area contributed by atoms with Crippen molar-refractivity contribution < 1.29 is 14.4 Å². The molecule has 1 atom stereocenters. The predicted octanol–water partition coefficient (Wildman–Crippen LogP) is 1.55. The first-order chi connectivity index (χ1) is 14.2. The highest BCUT2D eigenvalue weighted by Gasteiger charge is 2.47. The molecule has 2 heterocycles. The smallest absolute Gasteiger partial charge is 0.325 e. The van der Waals surface area contributed by atoms with Crippen LogP contribution in [0, 0.1) is 13.8 Å². The van der Waals surface area contributed by atoms with E-state index >= 15 is 0 Å². The van der Waals surface area contributed by atoms with E-state index in [0.717, 1.165) is 21.7 Å². The van der Waals surface area contributed by atoms with E-state index in [1.165, 1.54) is 0 Å². The molecule has 0 unspecified atom stereocenters. The molecule has 1 fully saturated rings. The first kappa shape index (κ1) is 21.3. The molecule has 158 valence electrons. The fourth-order valence-electron chi connectivity index (χ4n) is 3.59. The minimum absolute atomic E-state index is 0.0230. The van der Waals surface area contributed by atoms with Gasteiger partial charge in [0, 0.05) is 17.8 Å². The molecule has 4 amide bonds. The molecule has 8 nitrogen and oxygen atoms in total. The fraction of sp³-hybridized carbons (Fsp3) is 0.364. The topological polar surface area (TPSA) is 111 Å². The van der Waals surface area contributed by atoms with Crippen molar-refractivity contribution in [1.29, 1.82) is 0 Å². The predicted molar refractivity (Wildman–Crippen MR) is 112 cm³/mol. The van der Waals surface area contributed by atoms with Crippen molar-refractivity contribution in [3.63, 3.8) is 0 Å². The molecule has 1 aromatic carbocycles. The number of hydrogen-bond donors (Lipinski definition) is 3. The van der Waals surface area contributed by atoms with Crippen LogP contribution in [-0.4, -0.2) is 39.8 Å². The van der Waals surface area contributed by atoms with E-state index in [9.17, 15) is 19.2 Å². The normalized spacial score (nSPS) is 18.4. The van der Waals surface area contributed by atoms with E-state index in [-0.39, 0.29) is 12.1 Å². The number of pyridine rings is 1. The molecule has 30 heavy (non-hydrogen) atoms. The third-order valence-corrected chi connectivity index (χ3v) is 5.36. The van der Waals surface area contributed by atoms with Crippen molar-refractivity contribution in [2.75, 3.05) is 6.54 Å². The van der Waals surface area contributed by atoms with E-state index in [1.807, 2.05) is 36.4 Å². The number of urea groups is 1. The van der Waals surface area contributed by atoms with Crippen LogP contribution < -0.4 is 16.2 Å². The Bertz CT molecular complexity index is 1030. The van der Waals surface area contributed by atoms with Crippen molar-refractivity contribution in [3.05, 3.63) is 69.1 Å². The summed E-state index contributed by atoms with van der Waals surface area (Å²) in [7, 11) is 0. The summed E-state index contributed by atoms with van der Waals surface area (Å²) in [6, 6.07) is 10.9. The van der Waals surface area contributed by atoms with Crippen LogP contribution >= 0.6 is 0 Å². The van der Waals surface area contributed by atoms with Gasteiger partial charge in [-0.05, 0) is 50.8 Å². The van der Waals surface area contributed by atoms with Gasteiger partial charge in [0.2, 0.25) is 5.91 Å². The Morgan fingerprint density at radius 2 is 1.83 bits per heavy atom. The van der Waals surface area contributed by atoms with Gasteiger partial charge in [0.1, 0.15) is 12.1 Å². The van der Waals surface area contributed by atoms with Crippen LogP contribution in [0.5, 0.6) is 0 Å². The zero-order valence-corrected chi connectivity index (χ0v) is 17.4. The van der Waals surface area contributed by atoms with Crippen molar-refractivity contribution in [1.82, 2.24) is 20.5 Å². The van der Waals surface area contributed by atoms with Crippen LogP contribution in [0.4, 0.5) is 4.79 Å². The second kappa shape index (κ2) is 8.52. The fourth-order valence-corrected chi connectivity index (χ4v) is 3.59. The Balaban J connectivity index is 1.59. The van der Waals surface area contributed by atoms with Crippen molar-refractivity contribution in [2.45, 2.75) is 45.7 Å². The summed E-state index contributed by atoms with van der Waals surface area (Å²) in [4.78, 5) is 53.2. The van der Waals surface area contributed by atoms with E-state index < -0.39 is 29.9 Å². The summed E-state index contributed by atoms with van der Waals surface area (Å²) >= 11 is 0. The summed E-state index contributed by atoms with van der Waals surface area (Å²) in [5, 5.41) is 5.33. The average molecular weight is 410 g/mol. The zero-order chi connectivity index (χ0) is 21.9. The van der Waals surface area contributed by atoms with Gasteiger partial charge < -0.3 is 15.6 Å². The molecule has 0 radical (unpaired) electrons. The molecule has 2 aromatic rings. The molecule has 0 spiro atoms.